The van der Waals surface area contributed by atoms with Crippen LogP contribution in [0.25, 0.3) is 0 Å². The van der Waals surface area contributed by atoms with E-state index in [0.29, 0.717) is 12.7 Å². The van der Waals surface area contributed by atoms with E-state index in [0.717, 1.165) is 12.1 Å². The van der Waals surface area contributed by atoms with Crippen molar-refractivity contribution in [2.75, 3.05) is 33.5 Å². The van der Waals surface area contributed by atoms with Gasteiger partial charge in [0.05, 0.1) is 30.3 Å². The summed E-state index contributed by atoms with van der Waals surface area (Å²) in [5.41, 5.74) is -1.31. The summed E-state index contributed by atoms with van der Waals surface area (Å²) < 4.78 is 74.4. The van der Waals surface area contributed by atoms with Crippen LogP contribution >= 0.6 is 11.6 Å². The Morgan fingerprint density at radius 3 is 2.50 bits per heavy atom. The molecule has 10 heteroatoms. The molecule has 1 N–H and O–H groups in total. The molecule has 126 valence electrons. The third kappa shape index (κ3) is 5.73. The molecule has 0 amide bonds. The maximum Gasteiger partial charge on any atom is 0.417 e. The summed E-state index contributed by atoms with van der Waals surface area (Å²) in [7, 11) is -2.85. The minimum Gasteiger partial charge on any atom is -0.382 e. The van der Waals surface area contributed by atoms with Gasteiger partial charge in [-0.3, -0.25) is 0 Å². The minimum atomic E-state index is -4.83. The van der Waals surface area contributed by atoms with Crippen LogP contribution in [-0.2, 0) is 25.7 Å². The van der Waals surface area contributed by atoms with E-state index in [-0.39, 0.29) is 24.8 Å². The third-order valence-corrected chi connectivity index (χ3v) is 4.26. The van der Waals surface area contributed by atoms with Crippen molar-refractivity contribution in [3.8, 4) is 0 Å². The number of halogens is 4. The lowest BCUT2D eigenvalue weighted by atomic mass is 10.2. The van der Waals surface area contributed by atoms with Crippen molar-refractivity contribution in [2.45, 2.75) is 11.1 Å². The van der Waals surface area contributed by atoms with Crippen LogP contribution in [0.5, 0.6) is 0 Å². The molecule has 0 aromatic heterocycles. The molecule has 0 heterocycles. The molecule has 0 aliphatic heterocycles. The monoisotopic (exact) mass is 361 g/mol. The molecule has 1 rings (SSSR count). The van der Waals surface area contributed by atoms with Crippen LogP contribution in [0, 0.1) is 0 Å². The summed E-state index contributed by atoms with van der Waals surface area (Å²) in [5.74, 6) is 0. The predicted octanol–water partition coefficient (Wildman–Crippen LogP) is 2.30. The number of methoxy groups -OCH3 is 1. The zero-order valence-corrected chi connectivity index (χ0v) is 13.2. The average Bonchev–Trinajstić information content (AvgIpc) is 2.41. The van der Waals surface area contributed by atoms with Crippen molar-refractivity contribution in [3.05, 3.63) is 28.8 Å². The molecule has 0 atom stereocenters. The maximum atomic E-state index is 12.9. The molecule has 5 nitrogen and oxygen atoms in total. The van der Waals surface area contributed by atoms with E-state index in [1.165, 1.54) is 7.11 Å². The summed E-state index contributed by atoms with van der Waals surface area (Å²) in [6, 6.07) is 2.48. The first kappa shape index (κ1) is 19.2. The predicted molar refractivity (Wildman–Crippen MR) is 74.3 cm³/mol. The Kier molecular flexibility index (Phi) is 7.07. The first-order chi connectivity index (χ1) is 10.2. The molecule has 1 aromatic carbocycles. The Morgan fingerprint density at radius 1 is 1.23 bits per heavy atom. The second-order valence-corrected chi connectivity index (χ2v) is 6.31. The number of sulfonamides is 1. The van der Waals surface area contributed by atoms with Gasteiger partial charge in [0.25, 0.3) is 0 Å². The minimum absolute atomic E-state index is 0.0114. The Morgan fingerprint density at radius 2 is 1.91 bits per heavy atom. The number of nitrogens with one attached hydrogen (secondary N) is 1. The standard InChI is InChI=1S/C12H15ClF3NO4S/c1-20-6-7-21-5-4-17-22(18,19)11-3-2-9(13)8-10(11)12(14,15)16/h2-3,8,17H,4-7H2,1H3. The summed E-state index contributed by atoms with van der Waals surface area (Å²) in [4.78, 5) is -0.874. The van der Waals surface area contributed by atoms with Crippen molar-refractivity contribution in [1.29, 1.82) is 0 Å². The Labute approximate surface area is 131 Å². The summed E-state index contributed by atoms with van der Waals surface area (Å²) in [6.45, 7) is 0.443. The largest absolute Gasteiger partial charge is 0.417 e. The van der Waals surface area contributed by atoms with Crippen molar-refractivity contribution in [3.63, 3.8) is 0 Å². The normalized spacial score (nSPS) is 12.6. The summed E-state index contributed by atoms with van der Waals surface area (Å²) in [6.07, 6.45) is -4.83. The van der Waals surface area contributed by atoms with Crippen LogP contribution in [0.15, 0.2) is 23.1 Å². The number of hydrogen-bond donors (Lipinski definition) is 1. The molecule has 22 heavy (non-hydrogen) atoms. The number of alkyl halides is 3. The summed E-state index contributed by atoms with van der Waals surface area (Å²) in [5, 5.41) is -0.200. The average molecular weight is 362 g/mol. The molecule has 0 bridgehead atoms. The number of ether oxygens (including phenoxy) is 2. The van der Waals surface area contributed by atoms with Crippen molar-refractivity contribution in [2.24, 2.45) is 0 Å². The zero-order valence-electron chi connectivity index (χ0n) is 11.6. The van der Waals surface area contributed by atoms with Crippen LogP contribution < -0.4 is 4.72 Å². The van der Waals surface area contributed by atoms with Gasteiger partial charge < -0.3 is 9.47 Å². The van der Waals surface area contributed by atoms with Crippen LogP contribution in [-0.4, -0.2) is 41.9 Å². The fourth-order valence-corrected chi connectivity index (χ4v) is 2.92. The Bertz CT molecular complexity index is 593. The van der Waals surface area contributed by atoms with Gasteiger partial charge in [-0.1, -0.05) is 11.6 Å². The lowest BCUT2D eigenvalue weighted by Crippen LogP contribution is -2.29. The quantitative estimate of drug-likeness (QED) is 0.722. The van der Waals surface area contributed by atoms with E-state index in [1.54, 1.807) is 0 Å². The first-order valence-electron chi connectivity index (χ1n) is 6.11. The molecule has 0 aliphatic rings. The number of benzene rings is 1. The second kappa shape index (κ2) is 8.11. The zero-order chi connectivity index (χ0) is 16.8. The lowest BCUT2D eigenvalue weighted by Gasteiger charge is -2.14. The van der Waals surface area contributed by atoms with Gasteiger partial charge in [0.2, 0.25) is 10.0 Å². The maximum absolute atomic E-state index is 12.9. The van der Waals surface area contributed by atoms with Crippen molar-refractivity contribution in [1.82, 2.24) is 4.72 Å². The molecule has 0 saturated carbocycles. The van der Waals surface area contributed by atoms with Gasteiger partial charge >= 0.3 is 6.18 Å². The SMILES string of the molecule is COCCOCCNS(=O)(=O)c1ccc(Cl)cc1C(F)(F)F. The van der Waals surface area contributed by atoms with Crippen molar-refractivity contribution < 1.29 is 31.1 Å². The van der Waals surface area contributed by atoms with Crippen LogP contribution in [0.4, 0.5) is 13.2 Å². The van der Waals surface area contributed by atoms with Gasteiger partial charge in [-0.05, 0) is 18.2 Å². The van der Waals surface area contributed by atoms with Crippen LogP contribution in [0.2, 0.25) is 5.02 Å². The van der Waals surface area contributed by atoms with Gasteiger partial charge in [0, 0.05) is 18.7 Å². The van der Waals surface area contributed by atoms with Crippen LogP contribution in [0.1, 0.15) is 5.56 Å². The Balaban J connectivity index is 2.81. The van der Waals surface area contributed by atoms with Crippen LogP contribution in [0.3, 0.4) is 0 Å². The smallest absolute Gasteiger partial charge is 0.382 e. The molecular formula is C12H15ClF3NO4S. The molecule has 0 fully saturated rings. The molecule has 0 aliphatic carbocycles. The lowest BCUT2D eigenvalue weighted by molar-refractivity contribution is -0.139. The highest BCUT2D eigenvalue weighted by Crippen LogP contribution is 2.35. The van der Waals surface area contributed by atoms with E-state index < -0.39 is 26.7 Å². The second-order valence-electron chi connectivity index (χ2n) is 4.14. The van der Waals surface area contributed by atoms with E-state index in [2.05, 4.69) is 0 Å². The fraction of sp³-hybridized carbons (Fsp3) is 0.500. The molecule has 0 unspecified atom stereocenters. The van der Waals surface area contributed by atoms with Gasteiger partial charge in [0.1, 0.15) is 0 Å². The molecule has 0 saturated heterocycles. The highest BCUT2D eigenvalue weighted by molar-refractivity contribution is 7.89. The number of hydrogen-bond acceptors (Lipinski definition) is 4. The topological polar surface area (TPSA) is 64.6 Å². The highest BCUT2D eigenvalue weighted by Gasteiger charge is 2.37. The van der Waals surface area contributed by atoms with Gasteiger partial charge in [-0.15, -0.1) is 0 Å². The van der Waals surface area contributed by atoms with Crippen molar-refractivity contribution >= 4 is 21.6 Å². The summed E-state index contributed by atoms with van der Waals surface area (Å²) >= 11 is 5.50. The molecular weight excluding hydrogens is 347 g/mol. The third-order valence-electron chi connectivity index (χ3n) is 2.51. The van der Waals surface area contributed by atoms with E-state index in [9.17, 15) is 21.6 Å². The van der Waals surface area contributed by atoms with E-state index >= 15 is 0 Å². The highest BCUT2D eigenvalue weighted by atomic mass is 35.5. The van der Waals surface area contributed by atoms with Gasteiger partial charge in [0.15, 0.2) is 0 Å². The fourth-order valence-electron chi connectivity index (χ4n) is 1.53. The van der Waals surface area contributed by atoms with E-state index in [4.69, 9.17) is 21.1 Å². The van der Waals surface area contributed by atoms with E-state index in [1.807, 2.05) is 4.72 Å². The molecule has 0 spiro atoms. The molecule has 1 aromatic rings. The number of rotatable bonds is 8. The van der Waals surface area contributed by atoms with Gasteiger partial charge in [-0.25, -0.2) is 13.1 Å². The molecule has 0 radical (unpaired) electrons. The first-order valence-corrected chi connectivity index (χ1v) is 7.97. The van der Waals surface area contributed by atoms with Gasteiger partial charge in [-0.2, -0.15) is 13.2 Å². The Hall–Kier alpha value is -0.870.